The Kier molecular flexibility index (Phi) is 6.43. The van der Waals surface area contributed by atoms with Crippen LogP contribution in [0.2, 0.25) is 0 Å². The predicted octanol–water partition coefficient (Wildman–Crippen LogP) is 0.900. The van der Waals surface area contributed by atoms with Crippen LogP contribution in [-0.4, -0.2) is 37.1 Å². The number of amides is 1. The molecule has 0 bridgehead atoms. The van der Waals surface area contributed by atoms with Gasteiger partial charge in [-0.25, -0.2) is 8.78 Å². The summed E-state index contributed by atoms with van der Waals surface area (Å²) in [6.07, 6.45) is -2.44. The van der Waals surface area contributed by atoms with Gasteiger partial charge < -0.3 is 15.8 Å². The van der Waals surface area contributed by atoms with E-state index in [1.54, 1.807) is 20.8 Å². The van der Waals surface area contributed by atoms with Crippen molar-refractivity contribution in [3.63, 3.8) is 0 Å². The van der Waals surface area contributed by atoms with Crippen molar-refractivity contribution >= 4 is 5.91 Å². The lowest BCUT2D eigenvalue weighted by Crippen LogP contribution is -2.54. The minimum atomic E-state index is -2.50. The second-order valence-corrected chi connectivity index (χ2v) is 4.27. The highest BCUT2D eigenvalue weighted by molar-refractivity contribution is 5.76. The molecule has 0 fully saturated rings. The third-order valence-corrected chi connectivity index (χ3v) is 2.32. The van der Waals surface area contributed by atoms with E-state index in [1.165, 1.54) is 0 Å². The van der Waals surface area contributed by atoms with Crippen LogP contribution in [0.3, 0.4) is 0 Å². The molecular weight excluding hydrogens is 218 g/mol. The normalized spacial score (nSPS) is 13.9. The highest BCUT2D eigenvalue weighted by Crippen LogP contribution is 2.06. The van der Waals surface area contributed by atoms with E-state index in [0.29, 0.717) is 0 Å². The second-order valence-electron chi connectivity index (χ2n) is 4.27. The minimum Gasteiger partial charge on any atom is -0.375 e. The SMILES string of the molecule is CC(N)C(C)(C)NC(=O)CCOCC(F)F. The maximum Gasteiger partial charge on any atom is 0.261 e. The number of rotatable bonds is 7. The second kappa shape index (κ2) is 6.75. The van der Waals surface area contributed by atoms with Crippen molar-refractivity contribution in [3.8, 4) is 0 Å². The molecule has 0 aliphatic carbocycles. The average Bonchev–Trinajstić information content (AvgIpc) is 2.11. The maximum atomic E-state index is 11.7. The standard InChI is InChI=1S/C10H20F2N2O2/c1-7(13)10(2,3)14-9(15)4-5-16-6-8(11)12/h7-8H,4-6,13H2,1-3H3,(H,14,15). The molecule has 96 valence electrons. The van der Waals surface area contributed by atoms with Gasteiger partial charge in [0.15, 0.2) is 0 Å². The van der Waals surface area contributed by atoms with Crippen molar-refractivity contribution < 1.29 is 18.3 Å². The average molecular weight is 238 g/mol. The zero-order valence-electron chi connectivity index (χ0n) is 9.93. The first-order valence-electron chi connectivity index (χ1n) is 5.18. The van der Waals surface area contributed by atoms with E-state index >= 15 is 0 Å². The van der Waals surface area contributed by atoms with Crippen molar-refractivity contribution in [2.75, 3.05) is 13.2 Å². The molecular formula is C10H20F2N2O2. The quantitative estimate of drug-likeness (QED) is 0.648. The summed E-state index contributed by atoms with van der Waals surface area (Å²) in [5, 5.41) is 2.71. The Balaban J connectivity index is 3.75. The van der Waals surface area contributed by atoms with Crippen LogP contribution in [0.4, 0.5) is 8.78 Å². The molecule has 16 heavy (non-hydrogen) atoms. The summed E-state index contributed by atoms with van der Waals surface area (Å²) in [4.78, 5) is 11.4. The number of nitrogens with two attached hydrogens (primary N) is 1. The molecule has 0 saturated heterocycles. The van der Waals surface area contributed by atoms with Crippen LogP contribution >= 0.6 is 0 Å². The summed E-state index contributed by atoms with van der Waals surface area (Å²) in [5.74, 6) is -0.253. The highest BCUT2D eigenvalue weighted by Gasteiger charge is 2.24. The molecule has 0 saturated carbocycles. The summed E-state index contributed by atoms with van der Waals surface area (Å²) in [7, 11) is 0. The number of carbonyl (C=O) groups is 1. The lowest BCUT2D eigenvalue weighted by Gasteiger charge is -2.30. The first-order valence-corrected chi connectivity index (χ1v) is 5.18. The van der Waals surface area contributed by atoms with E-state index in [-0.39, 0.29) is 25.0 Å². The summed E-state index contributed by atoms with van der Waals surface area (Å²) in [5.41, 5.74) is 5.15. The molecule has 0 heterocycles. The molecule has 0 aliphatic heterocycles. The molecule has 0 aromatic carbocycles. The number of nitrogens with one attached hydrogen (secondary N) is 1. The lowest BCUT2D eigenvalue weighted by atomic mass is 9.97. The molecule has 6 heteroatoms. The summed E-state index contributed by atoms with van der Waals surface area (Å²) >= 11 is 0. The Morgan fingerprint density at radius 3 is 2.50 bits per heavy atom. The lowest BCUT2D eigenvalue weighted by molar-refractivity contribution is -0.124. The Morgan fingerprint density at radius 1 is 1.50 bits per heavy atom. The van der Waals surface area contributed by atoms with Gasteiger partial charge in [-0.15, -0.1) is 0 Å². The summed E-state index contributed by atoms with van der Waals surface area (Å²) in [6.45, 7) is 4.74. The van der Waals surface area contributed by atoms with Gasteiger partial charge in [0.2, 0.25) is 5.91 Å². The highest BCUT2D eigenvalue weighted by atomic mass is 19.3. The fourth-order valence-corrected chi connectivity index (χ4v) is 0.873. The number of halogens is 2. The third-order valence-electron chi connectivity index (χ3n) is 2.32. The minimum absolute atomic E-state index is 0.00872. The Hall–Kier alpha value is -0.750. The van der Waals surface area contributed by atoms with E-state index < -0.39 is 18.6 Å². The Labute approximate surface area is 94.5 Å². The zero-order valence-corrected chi connectivity index (χ0v) is 9.93. The van der Waals surface area contributed by atoms with Crippen LogP contribution in [0.5, 0.6) is 0 Å². The van der Waals surface area contributed by atoms with E-state index in [9.17, 15) is 13.6 Å². The van der Waals surface area contributed by atoms with Crippen LogP contribution in [-0.2, 0) is 9.53 Å². The van der Waals surface area contributed by atoms with E-state index in [2.05, 4.69) is 10.1 Å². The fourth-order valence-electron chi connectivity index (χ4n) is 0.873. The van der Waals surface area contributed by atoms with Crippen molar-refractivity contribution in [3.05, 3.63) is 0 Å². The van der Waals surface area contributed by atoms with Gasteiger partial charge in [0, 0.05) is 18.0 Å². The van der Waals surface area contributed by atoms with Gasteiger partial charge in [-0.3, -0.25) is 4.79 Å². The molecule has 0 aromatic heterocycles. The van der Waals surface area contributed by atoms with Crippen molar-refractivity contribution in [2.24, 2.45) is 5.73 Å². The molecule has 0 aromatic rings. The maximum absolute atomic E-state index is 11.7. The zero-order chi connectivity index (χ0) is 12.8. The third kappa shape index (κ3) is 6.68. The molecule has 3 N–H and O–H groups in total. The summed E-state index contributed by atoms with van der Waals surface area (Å²) in [6, 6.07) is -0.196. The first kappa shape index (κ1) is 15.2. The molecule has 0 spiro atoms. The molecule has 1 amide bonds. The fraction of sp³-hybridized carbons (Fsp3) is 0.900. The number of hydrogen-bond donors (Lipinski definition) is 2. The topological polar surface area (TPSA) is 64.3 Å². The van der Waals surface area contributed by atoms with Crippen molar-refractivity contribution in [1.29, 1.82) is 0 Å². The van der Waals surface area contributed by atoms with Crippen molar-refractivity contribution in [1.82, 2.24) is 5.32 Å². The van der Waals surface area contributed by atoms with Crippen LogP contribution in [0.1, 0.15) is 27.2 Å². The van der Waals surface area contributed by atoms with E-state index in [1.807, 2.05) is 0 Å². The molecule has 0 aliphatic rings. The number of carbonyl (C=O) groups excluding carboxylic acids is 1. The largest absolute Gasteiger partial charge is 0.375 e. The number of ether oxygens (including phenoxy) is 1. The molecule has 0 radical (unpaired) electrons. The first-order chi connectivity index (χ1) is 7.25. The smallest absolute Gasteiger partial charge is 0.261 e. The van der Waals surface area contributed by atoms with Gasteiger partial charge in [-0.1, -0.05) is 0 Å². The molecule has 1 unspecified atom stereocenters. The molecule has 4 nitrogen and oxygen atoms in total. The van der Waals surface area contributed by atoms with Gasteiger partial charge >= 0.3 is 0 Å². The molecule has 1 atom stereocenters. The van der Waals surface area contributed by atoms with Crippen LogP contribution in [0.15, 0.2) is 0 Å². The number of alkyl halides is 2. The van der Waals surface area contributed by atoms with E-state index in [4.69, 9.17) is 5.73 Å². The monoisotopic (exact) mass is 238 g/mol. The Morgan fingerprint density at radius 2 is 2.06 bits per heavy atom. The van der Waals surface area contributed by atoms with Gasteiger partial charge in [0.25, 0.3) is 6.43 Å². The van der Waals surface area contributed by atoms with Gasteiger partial charge in [0.05, 0.1) is 6.61 Å². The molecule has 0 rings (SSSR count). The van der Waals surface area contributed by atoms with Crippen molar-refractivity contribution in [2.45, 2.75) is 45.2 Å². The predicted molar refractivity (Wildman–Crippen MR) is 57.3 cm³/mol. The Bertz CT molecular complexity index is 221. The van der Waals surface area contributed by atoms with Gasteiger partial charge in [-0.05, 0) is 20.8 Å². The van der Waals surface area contributed by atoms with Gasteiger partial charge in [-0.2, -0.15) is 0 Å². The van der Waals surface area contributed by atoms with Crippen LogP contribution in [0.25, 0.3) is 0 Å². The van der Waals surface area contributed by atoms with Crippen LogP contribution in [0, 0.1) is 0 Å². The van der Waals surface area contributed by atoms with Crippen LogP contribution < -0.4 is 11.1 Å². The van der Waals surface area contributed by atoms with E-state index in [0.717, 1.165) is 0 Å². The van der Waals surface area contributed by atoms with Gasteiger partial charge in [0.1, 0.15) is 6.61 Å². The number of hydrogen-bond acceptors (Lipinski definition) is 3. The summed E-state index contributed by atoms with van der Waals surface area (Å²) < 4.78 is 28.0.